The molecule has 1 fully saturated rings. The molecule has 70 valence electrons. The van der Waals surface area contributed by atoms with Crippen LogP contribution in [0.5, 0.6) is 0 Å². The lowest BCUT2D eigenvalue weighted by Gasteiger charge is -2.21. The van der Waals surface area contributed by atoms with Gasteiger partial charge in [0.2, 0.25) is 0 Å². The summed E-state index contributed by atoms with van der Waals surface area (Å²) in [7, 11) is 0. The molecule has 2 unspecified atom stereocenters. The lowest BCUT2D eigenvalue weighted by molar-refractivity contribution is 0.242. The molecule has 4 nitrogen and oxygen atoms in total. The topological polar surface area (TPSA) is 81.1 Å². The number of hydrogen-bond donors (Lipinski definition) is 3. The molecule has 1 saturated carbocycles. The van der Waals surface area contributed by atoms with E-state index in [1.165, 1.54) is 6.42 Å². The van der Waals surface area contributed by atoms with E-state index in [1.54, 1.807) is 0 Å². The summed E-state index contributed by atoms with van der Waals surface area (Å²) >= 11 is 0. The molecule has 2 amide bonds. The van der Waals surface area contributed by atoms with Crippen molar-refractivity contribution >= 4 is 6.03 Å². The van der Waals surface area contributed by atoms with Crippen LogP contribution in [0.1, 0.15) is 32.1 Å². The van der Waals surface area contributed by atoms with Crippen molar-refractivity contribution in [3.05, 3.63) is 0 Å². The first-order chi connectivity index (χ1) is 5.70. The third-order valence-electron chi connectivity index (χ3n) is 2.40. The highest BCUT2D eigenvalue weighted by Gasteiger charge is 2.20. The van der Waals surface area contributed by atoms with Gasteiger partial charge in [0.25, 0.3) is 0 Å². The van der Waals surface area contributed by atoms with Crippen LogP contribution in [0, 0.1) is 0 Å². The Balaban J connectivity index is 2.41. The van der Waals surface area contributed by atoms with Gasteiger partial charge in [-0.1, -0.05) is 19.3 Å². The smallest absolute Gasteiger partial charge is 0.312 e. The molecule has 0 aliphatic heterocycles. The number of carbonyl (C=O) groups excluding carboxylic acids is 1. The standard InChI is InChI=1S/C8H17N3O/c9-6-4-2-1-3-5-7(6)11-8(10)12/h6-7H,1-5,9H2,(H3,10,11,12). The molecule has 0 radical (unpaired) electrons. The fraction of sp³-hybridized carbons (Fsp3) is 0.875. The van der Waals surface area contributed by atoms with Gasteiger partial charge in [0.1, 0.15) is 0 Å². The molecule has 5 N–H and O–H groups in total. The van der Waals surface area contributed by atoms with Crippen molar-refractivity contribution in [2.75, 3.05) is 0 Å². The van der Waals surface area contributed by atoms with Gasteiger partial charge in [-0.3, -0.25) is 0 Å². The van der Waals surface area contributed by atoms with Gasteiger partial charge in [-0.15, -0.1) is 0 Å². The van der Waals surface area contributed by atoms with Crippen molar-refractivity contribution in [1.82, 2.24) is 5.32 Å². The van der Waals surface area contributed by atoms with Crippen molar-refractivity contribution in [1.29, 1.82) is 0 Å². The van der Waals surface area contributed by atoms with Crippen LogP contribution in [-0.4, -0.2) is 18.1 Å². The molecule has 0 bridgehead atoms. The maximum atomic E-state index is 10.6. The average molecular weight is 171 g/mol. The van der Waals surface area contributed by atoms with E-state index in [0.717, 1.165) is 25.7 Å². The summed E-state index contributed by atoms with van der Waals surface area (Å²) in [4.78, 5) is 10.6. The molecule has 0 spiro atoms. The Bertz CT molecular complexity index is 160. The highest BCUT2D eigenvalue weighted by Crippen LogP contribution is 2.16. The van der Waals surface area contributed by atoms with E-state index < -0.39 is 6.03 Å². The van der Waals surface area contributed by atoms with Gasteiger partial charge in [-0.25, -0.2) is 4.79 Å². The summed E-state index contributed by atoms with van der Waals surface area (Å²) in [6, 6.07) is -0.289. The van der Waals surface area contributed by atoms with Crippen LogP contribution in [0.2, 0.25) is 0 Å². The van der Waals surface area contributed by atoms with E-state index in [-0.39, 0.29) is 12.1 Å². The summed E-state index contributed by atoms with van der Waals surface area (Å²) < 4.78 is 0. The van der Waals surface area contributed by atoms with Gasteiger partial charge in [-0.05, 0) is 12.8 Å². The molecule has 0 aromatic carbocycles. The second-order valence-corrected chi connectivity index (χ2v) is 3.42. The van der Waals surface area contributed by atoms with E-state index >= 15 is 0 Å². The maximum absolute atomic E-state index is 10.6. The van der Waals surface area contributed by atoms with Crippen LogP contribution in [0.4, 0.5) is 4.79 Å². The number of rotatable bonds is 1. The first-order valence-electron chi connectivity index (χ1n) is 4.51. The number of primary amides is 1. The molecule has 2 atom stereocenters. The minimum atomic E-state index is -0.461. The Morgan fingerprint density at radius 3 is 2.58 bits per heavy atom. The molecule has 0 saturated heterocycles. The molecular weight excluding hydrogens is 154 g/mol. The summed E-state index contributed by atoms with van der Waals surface area (Å²) in [5.74, 6) is 0. The average Bonchev–Trinajstić information content (AvgIpc) is 2.16. The Morgan fingerprint density at radius 2 is 1.92 bits per heavy atom. The fourth-order valence-corrected chi connectivity index (χ4v) is 1.70. The summed E-state index contributed by atoms with van der Waals surface area (Å²) in [5, 5.41) is 2.69. The van der Waals surface area contributed by atoms with Gasteiger partial charge in [0, 0.05) is 12.1 Å². The Morgan fingerprint density at radius 1 is 1.25 bits per heavy atom. The second-order valence-electron chi connectivity index (χ2n) is 3.42. The van der Waals surface area contributed by atoms with Crippen LogP contribution in [-0.2, 0) is 0 Å². The van der Waals surface area contributed by atoms with E-state index in [0.29, 0.717) is 0 Å². The van der Waals surface area contributed by atoms with Crippen molar-refractivity contribution < 1.29 is 4.79 Å². The van der Waals surface area contributed by atoms with Crippen molar-refractivity contribution in [3.63, 3.8) is 0 Å². The molecule has 1 rings (SSSR count). The number of carbonyl (C=O) groups is 1. The second kappa shape index (κ2) is 4.30. The normalized spacial score (nSPS) is 30.8. The minimum absolute atomic E-state index is 0.0833. The van der Waals surface area contributed by atoms with Gasteiger partial charge in [0.05, 0.1) is 0 Å². The fourth-order valence-electron chi connectivity index (χ4n) is 1.70. The van der Waals surface area contributed by atoms with Crippen LogP contribution in [0.3, 0.4) is 0 Å². The molecule has 4 heteroatoms. The first-order valence-corrected chi connectivity index (χ1v) is 4.51. The van der Waals surface area contributed by atoms with Gasteiger partial charge < -0.3 is 16.8 Å². The Hall–Kier alpha value is -0.770. The number of amides is 2. The van der Waals surface area contributed by atoms with E-state index in [9.17, 15) is 4.79 Å². The molecule has 0 heterocycles. The van der Waals surface area contributed by atoms with Crippen LogP contribution < -0.4 is 16.8 Å². The lowest BCUT2D eigenvalue weighted by Crippen LogP contribution is -2.48. The highest BCUT2D eigenvalue weighted by atomic mass is 16.2. The first kappa shape index (κ1) is 9.32. The Kier molecular flexibility index (Phi) is 3.34. The number of urea groups is 1. The lowest BCUT2D eigenvalue weighted by atomic mass is 10.0. The Labute approximate surface area is 72.7 Å². The van der Waals surface area contributed by atoms with Gasteiger partial charge in [-0.2, -0.15) is 0 Å². The predicted octanol–water partition coefficient (Wildman–Crippen LogP) is 0.315. The summed E-state index contributed by atoms with van der Waals surface area (Å²) in [6.07, 6.45) is 5.47. The molecule has 0 aromatic rings. The van der Waals surface area contributed by atoms with Crippen LogP contribution >= 0.6 is 0 Å². The van der Waals surface area contributed by atoms with Gasteiger partial charge in [0.15, 0.2) is 0 Å². The van der Waals surface area contributed by atoms with E-state index in [4.69, 9.17) is 11.5 Å². The number of nitrogens with two attached hydrogens (primary N) is 2. The molecular formula is C8H17N3O. The summed E-state index contributed by atoms with van der Waals surface area (Å²) in [6.45, 7) is 0. The zero-order valence-electron chi connectivity index (χ0n) is 7.25. The SMILES string of the molecule is NC(=O)NC1CCCCCC1N. The molecule has 1 aliphatic carbocycles. The maximum Gasteiger partial charge on any atom is 0.312 e. The van der Waals surface area contributed by atoms with Crippen LogP contribution in [0.25, 0.3) is 0 Å². The van der Waals surface area contributed by atoms with Crippen molar-refractivity contribution in [2.24, 2.45) is 11.5 Å². The van der Waals surface area contributed by atoms with E-state index in [2.05, 4.69) is 5.32 Å². The van der Waals surface area contributed by atoms with E-state index in [1.807, 2.05) is 0 Å². The zero-order chi connectivity index (χ0) is 8.97. The van der Waals surface area contributed by atoms with Gasteiger partial charge >= 0.3 is 6.03 Å². The van der Waals surface area contributed by atoms with Crippen LogP contribution in [0.15, 0.2) is 0 Å². The number of hydrogen-bond acceptors (Lipinski definition) is 2. The predicted molar refractivity (Wildman–Crippen MR) is 47.6 cm³/mol. The highest BCUT2D eigenvalue weighted by molar-refractivity contribution is 5.72. The van der Waals surface area contributed by atoms with Crippen molar-refractivity contribution in [3.8, 4) is 0 Å². The molecule has 0 aromatic heterocycles. The van der Waals surface area contributed by atoms with Crippen molar-refractivity contribution in [2.45, 2.75) is 44.2 Å². The largest absolute Gasteiger partial charge is 0.352 e. The third-order valence-corrected chi connectivity index (χ3v) is 2.40. The third kappa shape index (κ3) is 2.70. The summed E-state index contributed by atoms with van der Waals surface area (Å²) in [5.41, 5.74) is 10.9. The minimum Gasteiger partial charge on any atom is -0.352 e. The monoisotopic (exact) mass is 171 g/mol. The number of nitrogens with one attached hydrogen (secondary N) is 1. The quantitative estimate of drug-likeness (QED) is 0.496. The molecule has 1 aliphatic rings. The zero-order valence-corrected chi connectivity index (χ0v) is 7.25. The molecule has 12 heavy (non-hydrogen) atoms.